The Morgan fingerprint density at radius 1 is 1.21 bits per heavy atom. The highest BCUT2D eigenvalue weighted by atomic mass is 16.2. The van der Waals surface area contributed by atoms with Crippen LogP contribution in [0.5, 0.6) is 0 Å². The second-order valence-corrected chi connectivity index (χ2v) is 6.23. The molecule has 4 rings (SSSR count). The Hall–Kier alpha value is -2.82. The molecule has 2 aromatic heterocycles. The Kier molecular flexibility index (Phi) is 3.69. The summed E-state index contributed by atoms with van der Waals surface area (Å²) < 4.78 is 0. The minimum Gasteiger partial charge on any atom is -0.361 e. The molecule has 1 aliphatic rings. The summed E-state index contributed by atoms with van der Waals surface area (Å²) in [5.74, 6) is -0.300. The van der Waals surface area contributed by atoms with Gasteiger partial charge in [-0.25, -0.2) is 0 Å². The highest BCUT2D eigenvalue weighted by molar-refractivity contribution is 5.94. The van der Waals surface area contributed by atoms with Crippen LogP contribution in [0.2, 0.25) is 0 Å². The molecule has 3 N–H and O–H groups in total. The van der Waals surface area contributed by atoms with E-state index in [-0.39, 0.29) is 17.0 Å². The number of hydrogen-bond acceptors (Lipinski definition) is 2. The molecule has 0 unspecified atom stereocenters. The van der Waals surface area contributed by atoms with Gasteiger partial charge in [-0.15, -0.1) is 0 Å². The first-order valence-corrected chi connectivity index (χ1v) is 8.30. The van der Waals surface area contributed by atoms with E-state index in [9.17, 15) is 9.59 Å². The zero-order chi connectivity index (χ0) is 16.5. The van der Waals surface area contributed by atoms with Crippen molar-refractivity contribution >= 4 is 16.8 Å². The Balaban J connectivity index is 1.45. The maximum atomic E-state index is 12.3. The van der Waals surface area contributed by atoms with Crippen LogP contribution in [0.1, 0.15) is 33.6 Å². The fourth-order valence-electron chi connectivity index (χ4n) is 3.43. The largest absolute Gasteiger partial charge is 0.361 e. The van der Waals surface area contributed by atoms with Gasteiger partial charge in [0.25, 0.3) is 11.5 Å². The molecule has 1 aromatic carbocycles. The second kappa shape index (κ2) is 6.00. The van der Waals surface area contributed by atoms with Crippen molar-refractivity contribution in [1.82, 2.24) is 15.3 Å². The number of pyridine rings is 1. The summed E-state index contributed by atoms with van der Waals surface area (Å²) in [5, 5.41) is 4.03. The topological polar surface area (TPSA) is 77.8 Å². The van der Waals surface area contributed by atoms with Crippen molar-refractivity contribution in [3.05, 3.63) is 69.3 Å². The van der Waals surface area contributed by atoms with Crippen LogP contribution in [0, 0.1) is 0 Å². The SMILES string of the molecule is O=C(NCCc1c[nH]c2ccccc12)c1cc2c([nH]c1=O)CCC2. The van der Waals surface area contributed by atoms with E-state index in [0.717, 1.165) is 48.0 Å². The zero-order valence-corrected chi connectivity index (χ0v) is 13.3. The van der Waals surface area contributed by atoms with Crippen molar-refractivity contribution in [2.45, 2.75) is 25.7 Å². The van der Waals surface area contributed by atoms with Crippen molar-refractivity contribution in [1.29, 1.82) is 0 Å². The zero-order valence-electron chi connectivity index (χ0n) is 13.3. The Morgan fingerprint density at radius 3 is 3.00 bits per heavy atom. The minimum absolute atomic E-state index is 0.217. The quantitative estimate of drug-likeness (QED) is 0.689. The Bertz CT molecular complexity index is 968. The number of aryl methyl sites for hydroxylation is 2. The second-order valence-electron chi connectivity index (χ2n) is 6.23. The summed E-state index contributed by atoms with van der Waals surface area (Å²) in [6.07, 6.45) is 5.56. The van der Waals surface area contributed by atoms with Crippen LogP contribution in [-0.2, 0) is 19.3 Å². The predicted molar refractivity (Wildman–Crippen MR) is 93.4 cm³/mol. The lowest BCUT2D eigenvalue weighted by Crippen LogP contribution is -2.31. The maximum absolute atomic E-state index is 12.3. The van der Waals surface area contributed by atoms with Crippen LogP contribution >= 0.6 is 0 Å². The smallest absolute Gasteiger partial charge is 0.261 e. The van der Waals surface area contributed by atoms with Gasteiger partial charge in [-0.2, -0.15) is 0 Å². The number of amides is 1. The summed E-state index contributed by atoms with van der Waals surface area (Å²) in [6, 6.07) is 9.84. The summed E-state index contributed by atoms with van der Waals surface area (Å²) in [5.41, 5.74) is 4.25. The summed E-state index contributed by atoms with van der Waals surface area (Å²) in [7, 11) is 0. The average molecular weight is 321 g/mol. The third-order valence-corrected chi connectivity index (χ3v) is 4.69. The van der Waals surface area contributed by atoms with Gasteiger partial charge in [0.2, 0.25) is 0 Å². The molecule has 0 saturated carbocycles. The van der Waals surface area contributed by atoms with Gasteiger partial charge in [-0.05, 0) is 48.9 Å². The number of benzene rings is 1. The van der Waals surface area contributed by atoms with Gasteiger partial charge in [0.15, 0.2) is 0 Å². The van der Waals surface area contributed by atoms with Gasteiger partial charge in [-0.1, -0.05) is 18.2 Å². The number of carbonyl (C=O) groups is 1. The first-order chi connectivity index (χ1) is 11.7. The van der Waals surface area contributed by atoms with E-state index in [4.69, 9.17) is 0 Å². The molecule has 0 bridgehead atoms. The van der Waals surface area contributed by atoms with E-state index in [1.54, 1.807) is 6.07 Å². The lowest BCUT2D eigenvalue weighted by Gasteiger charge is -2.06. The van der Waals surface area contributed by atoms with Crippen molar-refractivity contribution in [2.75, 3.05) is 6.54 Å². The van der Waals surface area contributed by atoms with E-state index in [1.165, 1.54) is 5.39 Å². The summed E-state index contributed by atoms with van der Waals surface area (Å²) in [4.78, 5) is 30.5. The summed E-state index contributed by atoms with van der Waals surface area (Å²) in [6.45, 7) is 0.497. The fraction of sp³-hybridized carbons (Fsp3) is 0.263. The molecule has 0 spiro atoms. The van der Waals surface area contributed by atoms with Gasteiger partial charge >= 0.3 is 0 Å². The molecular weight excluding hydrogens is 302 g/mol. The first-order valence-electron chi connectivity index (χ1n) is 8.30. The number of H-pyrrole nitrogens is 2. The summed E-state index contributed by atoms with van der Waals surface area (Å²) >= 11 is 0. The van der Waals surface area contributed by atoms with Crippen LogP contribution in [0.3, 0.4) is 0 Å². The lowest BCUT2D eigenvalue weighted by atomic mass is 10.1. The normalized spacial score (nSPS) is 13.2. The molecule has 5 heteroatoms. The van der Waals surface area contributed by atoms with Crippen LogP contribution < -0.4 is 10.9 Å². The van der Waals surface area contributed by atoms with Crippen molar-refractivity contribution < 1.29 is 4.79 Å². The third kappa shape index (κ3) is 2.62. The highest BCUT2D eigenvalue weighted by Gasteiger charge is 2.17. The van der Waals surface area contributed by atoms with Crippen LogP contribution in [0.15, 0.2) is 41.3 Å². The van der Waals surface area contributed by atoms with Crippen molar-refractivity contribution in [2.24, 2.45) is 0 Å². The Labute approximate surface area is 139 Å². The predicted octanol–water partition coefficient (Wildman–Crippen LogP) is 2.32. The van der Waals surface area contributed by atoms with E-state index in [1.807, 2.05) is 24.4 Å². The molecular formula is C19H19N3O2. The highest BCUT2D eigenvalue weighted by Crippen LogP contribution is 2.19. The molecule has 1 amide bonds. The molecule has 0 aliphatic heterocycles. The molecule has 0 fully saturated rings. The number of aromatic amines is 2. The standard InChI is InChI=1S/C19H19N3O2/c23-18(15-10-12-4-3-7-16(12)22-19(15)24)20-9-8-13-11-21-17-6-2-1-5-14(13)17/h1-2,5-6,10-11,21H,3-4,7-9H2,(H,20,23)(H,22,24). The molecule has 0 radical (unpaired) electrons. The molecule has 122 valence electrons. The molecule has 0 saturated heterocycles. The molecule has 1 aliphatic carbocycles. The van der Waals surface area contributed by atoms with Gasteiger partial charge in [0, 0.05) is 29.3 Å². The van der Waals surface area contributed by atoms with Gasteiger partial charge in [0.1, 0.15) is 5.56 Å². The van der Waals surface area contributed by atoms with E-state index < -0.39 is 0 Å². The monoisotopic (exact) mass is 321 g/mol. The van der Waals surface area contributed by atoms with Gasteiger partial charge in [0.05, 0.1) is 0 Å². The van der Waals surface area contributed by atoms with E-state index >= 15 is 0 Å². The van der Waals surface area contributed by atoms with Gasteiger partial charge < -0.3 is 15.3 Å². The average Bonchev–Trinajstić information content (AvgIpc) is 3.20. The van der Waals surface area contributed by atoms with Crippen molar-refractivity contribution in [3.63, 3.8) is 0 Å². The fourth-order valence-corrected chi connectivity index (χ4v) is 3.43. The molecule has 24 heavy (non-hydrogen) atoms. The van der Waals surface area contributed by atoms with Crippen LogP contribution in [-0.4, -0.2) is 22.4 Å². The number of nitrogens with one attached hydrogen (secondary N) is 3. The van der Waals surface area contributed by atoms with Crippen molar-refractivity contribution in [3.8, 4) is 0 Å². The maximum Gasteiger partial charge on any atom is 0.261 e. The number of carbonyl (C=O) groups excluding carboxylic acids is 1. The van der Waals surface area contributed by atoms with Crippen LogP contribution in [0.25, 0.3) is 10.9 Å². The lowest BCUT2D eigenvalue weighted by molar-refractivity contribution is 0.0952. The Morgan fingerprint density at radius 2 is 2.08 bits per heavy atom. The molecule has 2 heterocycles. The number of hydrogen-bond donors (Lipinski definition) is 3. The van der Waals surface area contributed by atoms with Gasteiger partial charge in [-0.3, -0.25) is 9.59 Å². The van der Waals surface area contributed by atoms with Crippen LogP contribution in [0.4, 0.5) is 0 Å². The number of rotatable bonds is 4. The number of aromatic nitrogens is 2. The van der Waals surface area contributed by atoms with E-state index in [0.29, 0.717) is 6.54 Å². The number of para-hydroxylation sites is 1. The molecule has 0 atom stereocenters. The molecule has 5 nitrogen and oxygen atoms in total. The third-order valence-electron chi connectivity index (χ3n) is 4.69. The van der Waals surface area contributed by atoms with E-state index in [2.05, 4.69) is 21.4 Å². The minimum atomic E-state index is -0.300. The number of fused-ring (bicyclic) bond motifs is 2. The molecule has 3 aromatic rings. The first kappa shape index (κ1) is 14.8.